The molecular weight excluding hydrogens is 915 g/mol. The lowest BCUT2D eigenvalue weighted by Crippen LogP contribution is -2.45. The van der Waals surface area contributed by atoms with Gasteiger partial charge in [-0.15, -0.1) is 0 Å². The maximum absolute atomic E-state index is 12.5. The Balaban J connectivity index is 3.60. The first-order valence-electron chi connectivity index (χ1n) is 32.2. The average molecular weight is 1040 g/mol. The molecule has 0 aliphatic heterocycles. The standard InChI is InChI=1S/C71H123NO3/c1-3-5-7-9-11-13-15-17-19-21-23-25-27-29-31-33-35-37-38-40-42-44-46-48-50-52-54-56-58-60-62-64-66-70(74)69(68-73)72-71(75)67-65-63-61-59-57-55-53-51-49-47-45-43-41-39-36-34-32-30-28-26-24-22-20-18-16-14-12-10-8-6-4-2/h6,8,12,14,18,20,24,26,30,32,36,39,43,45,48,50,56,58,64,66,69-70,73-74H,3-5,7,9-11,13,15-17,19,21-23,25,27-29,31,33-35,37-38,40-42,44,46-47,49,51-55,57,59-63,65,67-68H2,1-2H3,(H,72,75)/b8-6-,14-12-,20-18-,26-24-,32-30-,39-36-,45-43-,50-48+,58-56+,66-64+. The summed E-state index contributed by atoms with van der Waals surface area (Å²) in [5.41, 5.74) is 0. The number of aliphatic hydroxyl groups excluding tert-OH is 2. The number of carbonyl (C=O) groups excluding carboxylic acids is 1. The molecule has 0 spiro atoms. The van der Waals surface area contributed by atoms with Crippen LogP contribution >= 0.6 is 0 Å². The van der Waals surface area contributed by atoms with Crippen molar-refractivity contribution in [3.05, 3.63) is 122 Å². The molecule has 0 aliphatic rings. The Bertz CT molecular complexity index is 1460. The fourth-order valence-corrected chi connectivity index (χ4v) is 9.31. The Morgan fingerprint density at radius 2 is 0.600 bits per heavy atom. The van der Waals surface area contributed by atoms with E-state index in [9.17, 15) is 15.0 Å². The zero-order valence-corrected chi connectivity index (χ0v) is 49.5. The molecule has 0 rings (SSSR count). The van der Waals surface area contributed by atoms with E-state index in [0.717, 1.165) is 89.9 Å². The Morgan fingerprint density at radius 1 is 0.333 bits per heavy atom. The summed E-state index contributed by atoms with van der Waals surface area (Å²) in [4.78, 5) is 12.5. The molecule has 1 amide bonds. The fraction of sp³-hybridized carbons (Fsp3) is 0.704. The number of aliphatic hydroxyl groups is 2. The van der Waals surface area contributed by atoms with Gasteiger partial charge in [-0.2, -0.15) is 0 Å². The van der Waals surface area contributed by atoms with Crippen LogP contribution in [0.3, 0.4) is 0 Å². The third-order valence-electron chi connectivity index (χ3n) is 14.2. The molecule has 4 heteroatoms. The molecule has 2 atom stereocenters. The smallest absolute Gasteiger partial charge is 0.220 e. The molecule has 0 aliphatic carbocycles. The van der Waals surface area contributed by atoms with Crippen molar-refractivity contribution in [3.8, 4) is 0 Å². The van der Waals surface area contributed by atoms with Crippen molar-refractivity contribution in [2.75, 3.05) is 6.61 Å². The molecule has 0 aromatic rings. The van der Waals surface area contributed by atoms with E-state index in [1.165, 1.54) is 193 Å². The van der Waals surface area contributed by atoms with E-state index in [-0.39, 0.29) is 12.5 Å². The molecule has 2 unspecified atom stereocenters. The van der Waals surface area contributed by atoms with Crippen LogP contribution in [0, 0.1) is 0 Å². The van der Waals surface area contributed by atoms with E-state index in [0.29, 0.717) is 6.42 Å². The molecular formula is C71H123NO3. The summed E-state index contributed by atoms with van der Waals surface area (Å²) >= 11 is 0. The van der Waals surface area contributed by atoms with E-state index in [1.807, 2.05) is 6.08 Å². The summed E-state index contributed by atoms with van der Waals surface area (Å²) in [5.74, 6) is -0.0871. The summed E-state index contributed by atoms with van der Waals surface area (Å²) in [5, 5.41) is 23.2. The Morgan fingerprint density at radius 3 is 0.933 bits per heavy atom. The van der Waals surface area contributed by atoms with Gasteiger partial charge in [0.15, 0.2) is 0 Å². The molecule has 0 saturated carbocycles. The largest absolute Gasteiger partial charge is 0.394 e. The zero-order chi connectivity index (χ0) is 54.1. The minimum atomic E-state index is -0.883. The molecule has 0 fully saturated rings. The molecule has 0 aromatic carbocycles. The Labute approximate surface area is 467 Å². The second-order valence-corrected chi connectivity index (χ2v) is 21.4. The third-order valence-corrected chi connectivity index (χ3v) is 14.2. The highest BCUT2D eigenvalue weighted by Gasteiger charge is 2.18. The summed E-state index contributed by atoms with van der Waals surface area (Å²) in [6.07, 6.45) is 99.7. The van der Waals surface area contributed by atoms with E-state index in [1.54, 1.807) is 6.08 Å². The van der Waals surface area contributed by atoms with Crippen molar-refractivity contribution >= 4 is 5.91 Å². The second kappa shape index (κ2) is 65.1. The van der Waals surface area contributed by atoms with Crippen LogP contribution in [0.15, 0.2) is 122 Å². The van der Waals surface area contributed by atoms with Gasteiger partial charge in [0, 0.05) is 6.42 Å². The molecule has 3 N–H and O–H groups in total. The first kappa shape index (κ1) is 71.8. The Hall–Kier alpha value is -3.21. The average Bonchev–Trinajstić information content (AvgIpc) is 3.41. The number of hydrogen-bond acceptors (Lipinski definition) is 3. The normalized spacial score (nSPS) is 13.6. The molecule has 0 bridgehead atoms. The maximum Gasteiger partial charge on any atom is 0.220 e. The number of amides is 1. The van der Waals surface area contributed by atoms with Crippen LogP contribution in [0.25, 0.3) is 0 Å². The first-order chi connectivity index (χ1) is 37.2. The van der Waals surface area contributed by atoms with E-state index < -0.39 is 12.1 Å². The summed E-state index contributed by atoms with van der Waals surface area (Å²) in [7, 11) is 0. The molecule has 4 nitrogen and oxygen atoms in total. The number of unbranched alkanes of at least 4 members (excludes halogenated alkanes) is 33. The maximum atomic E-state index is 12.5. The van der Waals surface area contributed by atoms with Crippen molar-refractivity contribution in [1.29, 1.82) is 0 Å². The fourth-order valence-electron chi connectivity index (χ4n) is 9.31. The molecule has 0 heterocycles. The van der Waals surface area contributed by atoms with Crippen molar-refractivity contribution in [2.45, 2.75) is 315 Å². The van der Waals surface area contributed by atoms with Gasteiger partial charge in [-0.3, -0.25) is 4.79 Å². The van der Waals surface area contributed by atoms with Gasteiger partial charge in [-0.05, 0) is 103 Å². The lowest BCUT2D eigenvalue weighted by Gasteiger charge is -2.19. The van der Waals surface area contributed by atoms with Gasteiger partial charge in [-0.1, -0.05) is 315 Å². The van der Waals surface area contributed by atoms with Crippen LogP contribution in [-0.4, -0.2) is 34.9 Å². The highest BCUT2D eigenvalue weighted by Crippen LogP contribution is 2.17. The summed E-state index contributed by atoms with van der Waals surface area (Å²) < 4.78 is 0. The van der Waals surface area contributed by atoms with Crippen molar-refractivity contribution in [1.82, 2.24) is 5.32 Å². The molecule has 0 saturated heterocycles. The van der Waals surface area contributed by atoms with Gasteiger partial charge in [0.2, 0.25) is 5.91 Å². The molecule has 75 heavy (non-hydrogen) atoms. The number of hydrogen-bond donors (Lipinski definition) is 3. The molecule has 430 valence electrons. The minimum absolute atomic E-state index is 0.0871. The number of nitrogens with one attached hydrogen (secondary N) is 1. The zero-order valence-electron chi connectivity index (χ0n) is 49.5. The third kappa shape index (κ3) is 61.5. The van der Waals surface area contributed by atoms with Crippen LogP contribution in [0.2, 0.25) is 0 Å². The quantitative estimate of drug-likeness (QED) is 0.0420. The lowest BCUT2D eigenvalue weighted by atomic mass is 10.0. The highest BCUT2D eigenvalue weighted by atomic mass is 16.3. The predicted molar refractivity (Wildman–Crippen MR) is 336 cm³/mol. The van der Waals surface area contributed by atoms with Crippen LogP contribution in [-0.2, 0) is 4.79 Å². The van der Waals surface area contributed by atoms with Crippen LogP contribution in [0.4, 0.5) is 0 Å². The number of rotatable bonds is 58. The topological polar surface area (TPSA) is 69.6 Å². The second-order valence-electron chi connectivity index (χ2n) is 21.4. The van der Waals surface area contributed by atoms with Crippen LogP contribution < -0.4 is 5.32 Å². The number of allylic oxidation sites excluding steroid dienone is 19. The van der Waals surface area contributed by atoms with Crippen molar-refractivity contribution in [2.24, 2.45) is 0 Å². The van der Waals surface area contributed by atoms with Crippen LogP contribution in [0.5, 0.6) is 0 Å². The summed E-state index contributed by atoms with van der Waals surface area (Å²) in [6, 6.07) is -0.660. The predicted octanol–water partition coefficient (Wildman–Crippen LogP) is 22.0. The van der Waals surface area contributed by atoms with Crippen LogP contribution in [0.1, 0.15) is 303 Å². The van der Waals surface area contributed by atoms with Gasteiger partial charge in [0.05, 0.1) is 18.8 Å². The van der Waals surface area contributed by atoms with Crippen molar-refractivity contribution in [3.63, 3.8) is 0 Å². The first-order valence-corrected chi connectivity index (χ1v) is 32.2. The highest BCUT2D eigenvalue weighted by molar-refractivity contribution is 5.76. The Kier molecular flexibility index (Phi) is 62.3. The van der Waals surface area contributed by atoms with E-state index in [2.05, 4.69) is 129 Å². The van der Waals surface area contributed by atoms with E-state index >= 15 is 0 Å². The van der Waals surface area contributed by atoms with Gasteiger partial charge in [0.25, 0.3) is 0 Å². The number of carbonyl (C=O) groups is 1. The minimum Gasteiger partial charge on any atom is -0.394 e. The molecule has 0 aromatic heterocycles. The van der Waals surface area contributed by atoms with E-state index in [4.69, 9.17) is 0 Å². The van der Waals surface area contributed by atoms with Gasteiger partial charge < -0.3 is 15.5 Å². The van der Waals surface area contributed by atoms with Gasteiger partial charge in [0.1, 0.15) is 0 Å². The van der Waals surface area contributed by atoms with Gasteiger partial charge >= 0.3 is 0 Å². The van der Waals surface area contributed by atoms with Crippen molar-refractivity contribution < 1.29 is 15.0 Å². The molecule has 0 radical (unpaired) electrons. The monoisotopic (exact) mass is 1040 g/mol. The SMILES string of the molecule is CC/C=C\C/C=C\C/C=C\C/C=C\C/C=C\C/C=C\C/C=C\CCCCCCCCCCCC(=O)NC(CO)C(O)/C=C/CC/C=C/CC/C=C/CCCCCCCCCCCCCCCCCCCCCCCC. The summed E-state index contributed by atoms with van der Waals surface area (Å²) in [6.45, 7) is 4.19. The van der Waals surface area contributed by atoms with Gasteiger partial charge in [-0.25, -0.2) is 0 Å². The lowest BCUT2D eigenvalue weighted by molar-refractivity contribution is -0.123.